The highest BCUT2D eigenvalue weighted by molar-refractivity contribution is 7.11. The molecule has 2 rings (SSSR count). The monoisotopic (exact) mass is 258 g/mol. The number of halogens is 1. The second-order valence-corrected chi connectivity index (χ2v) is 4.79. The standard InChI is InChI=1S/C14H11FN2S/c1-9-4-5-10(7-12(9)15)14(17)11(8-16)13-3-2-6-18-13/h2-7H,17H2,1H3/b14-11+. The molecule has 0 aliphatic carbocycles. The second kappa shape index (κ2) is 5.03. The van der Waals surface area contributed by atoms with E-state index in [-0.39, 0.29) is 5.82 Å². The van der Waals surface area contributed by atoms with E-state index in [9.17, 15) is 9.65 Å². The van der Waals surface area contributed by atoms with Gasteiger partial charge in [0, 0.05) is 10.4 Å². The molecule has 0 bridgehead atoms. The Kier molecular flexibility index (Phi) is 3.45. The van der Waals surface area contributed by atoms with Crippen molar-refractivity contribution in [1.29, 1.82) is 5.26 Å². The average Bonchev–Trinajstić information content (AvgIpc) is 2.87. The Morgan fingerprint density at radius 3 is 2.72 bits per heavy atom. The Labute approximate surface area is 109 Å². The summed E-state index contributed by atoms with van der Waals surface area (Å²) in [5.74, 6) is -0.320. The van der Waals surface area contributed by atoms with Gasteiger partial charge in [0.05, 0.1) is 11.3 Å². The van der Waals surface area contributed by atoms with Crippen molar-refractivity contribution in [3.63, 3.8) is 0 Å². The molecule has 1 aromatic carbocycles. The van der Waals surface area contributed by atoms with Crippen molar-refractivity contribution in [2.45, 2.75) is 6.92 Å². The van der Waals surface area contributed by atoms with E-state index in [1.165, 1.54) is 17.4 Å². The Hall–Kier alpha value is -2.12. The number of aryl methyl sites for hydroxylation is 1. The second-order valence-electron chi connectivity index (χ2n) is 3.84. The number of nitriles is 1. The molecule has 2 N–H and O–H groups in total. The average molecular weight is 258 g/mol. The Morgan fingerprint density at radius 2 is 2.17 bits per heavy atom. The first-order chi connectivity index (χ1) is 8.63. The van der Waals surface area contributed by atoms with Crippen LogP contribution in [-0.4, -0.2) is 0 Å². The molecule has 18 heavy (non-hydrogen) atoms. The van der Waals surface area contributed by atoms with Crippen LogP contribution in [0.25, 0.3) is 11.3 Å². The van der Waals surface area contributed by atoms with Crippen molar-refractivity contribution in [2.75, 3.05) is 0 Å². The van der Waals surface area contributed by atoms with Gasteiger partial charge in [0.2, 0.25) is 0 Å². The number of hydrogen-bond acceptors (Lipinski definition) is 3. The number of thiophene rings is 1. The topological polar surface area (TPSA) is 49.8 Å². The van der Waals surface area contributed by atoms with E-state index in [4.69, 9.17) is 5.73 Å². The fraction of sp³-hybridized carbons (Fsp3) is 0.0714. The van der Waals surface area contributed by atoms with E-state index < -0.39 is 0 Å². The van der Waals surface area contributed by atoms with Crippen LogP contribution in [0.1, 0.15) is 16.0 Å². The summed E-state index contributed by atoms with van der Waals surface area (Å²) in [5, 5.41) is 11.0. The fourth-order valence-electron chi connectivity index (χ4n) is 1.57. The Bertz CT molecular complexity index is 636. The summed E-state index contributed by atoms with van der Waals surface area (Å²) in [7, 11) is 0. The molecule has 1 heterocycles. The van der Waals surface area contributed by atoms with Crippen LogP contribution < -0.4 is 5.73 Å². The van der Waals surface area contributed by atoms with Gasteiger partial charge in [-0.25, -0.2) is 4.39 Å². The summed E-state index contributed by atoms with van der Waals surface area (Å²) in [6.45, 7) is 1.68. The molecule has 0 saturated carbocycles. The van der Waals surface area contributed by atoms with Gasteiger partial charge in [-0.1, -0.05) is 18.2 Å². The van der Waals surface area contributed by atoms with Gasteiger partial charge in [-0.15, -0.1) is 11.3 Å². The van der Waals surface area contributed by atoms with Crippen LogP contribution in [-0.2, 0) is 0 Å². The molecule has 0 saturated heterocycles. The molecule has 0 unspecified atom stereocenters. The smallest absolute Gasteiger partial charge is 0.126 e. The van der Waals surface area contributed by atoms with Crippen molar-refractivity contribution >= 4 is 22.6 Å². The third kappa shape index (κ3) is 2.27. The lowest BCUT2D eigenvalue weighted by atomic mass is 10.0. The maximum absolute atomic E-state index is 13.5. The Morgan fingerprint density at radius 1 is 1.39 bits per heavy atom. The number of nitrogens with zero attached hydrogens (tertiary/aromatic N) is 1. The third-order valence-corrected chi connectivity index (χ3v) is 3.52. The molecule has 0 fully saturated rings. The van der Waals surface area contributed by atoms with E-state index in [1.54, 1.807) is 19.1 Å². The minimum Gasteiger partial charge on any atom is -0.397 e. The number of allylic oxidation sites excluding steroid dienone is 1. The highest BCUT2D eigenvalue weighted by Gasteiger charge is 2.10. The quantitative estimate of drug-likeness (QED) is 0.837. The highest BCUT2D eigenvalue weighted by Crippen LogP contribution is 2.26. The number of benzene rings is 1. The Balaban J connectivity index is 2.54. The van der Waals surface area contributed by atoms with Crippen LogP contribution >= 0.6 is 11.3 Å². The molecule has 0 radical (unpaired) electrons. The van der Waals surface area contributed by atoms with Crippen molar-refractivity contribution in [1.82, 2.24) is 0 Å². The minimum absolute atomic E-state index is 0.304. The SMILES string of the molecule is Cc1ccc(/C(N)=C(/C#N)c2cccs2)cc1F. The summed E-state index contributed by atoms with van der Waals surface area (Å²) in [6.07, 6.45) is 0. The van der Waals surface area contributed by atoms with Gasteiger partial charge < -0.3 is 5.73 Å². The first-order valence-electron chi connectivity index (χ1n) is 5.33. The van der Waals surface area contributed by atoms with Gasteiger partial charge in [0.25, 0.3) is 0 Å². The number of nitrogens with two attached hydrogens (primary N) is 1. The predicted octanol–water partition coefficient (Wildman–Crippen LogP) is 3.55. The van der Waals surface area contributed by atoms with Gasteiger partial charge >= 0.3 is 0 Å². The van der Waals surface area contributed by atoms with Crippen molar-refractivity contribution < 1.29 is 4.39 Å². The zero-order valence-corrected chi connectivity index (χ0v) is 10.6. The van der Waals surface area contributed by atoms with Crippen LogP contribution in [0.2, 0.25) is 0 Å². The summed E-state index contributed by atoms with van der Waals surface area (Å²) in [5.41, 5.74) is 7.73. The minimum atomic E-state index is -0.320. The molecule has 0 aliphatic rings. The molecule has 4 heteroatoms. The summed E-state index contributed by atoms with van der Waals surface area (Å²) < 4.78 is 13.5. The fourth-order valence-corrected chi connectivity index (χ4v) is 2.31. The van der Waals surface area contributed by atoms with Gasteiger partial charge in [0.1, 0.15) is 11.9 Å². The molecular weight excluding hydrogens is 247 g/mol. The van der Waals surface area contributed by atoms with Crippen LogP contribution in [0.4, 0.5) is 4.39 Å². The summed E-state index contributed by atoms with van der Waals surface area (Å²) in [4.78, 5) is 0.788. The van der Waals surface area contributed by atoms with Crippen LogP contribution in [0.5, 0.6) is 0 Å². The first-order valence-corrected chi connectivity index (χ1v) is 6.21. The maximum Gasteiger partial charge on any atom is 0.126 e. The number of rotatable bonds is 2. The zero-order valence-electron chi connectivity index (χ0n) is 9.77. The molecular formula is C14H11FN2S. The lowest BCUT2D eigenvalue weighted by Crippen LogP contribution is -2.01. The van der Waals surface area contributed by atoms with Gasteiger partial charge in [-0.3, -0.25) is 0 Å². The molecule has 0 spiro atoms. The van der Waals surface area contributed by atoms with E-state index in [1.807, 2.05) is 17.5 Å². The summed E-state index contributed by atoms with van der Waals surface area (Å²) in [6, 6.07) is 10.5. The summed E-state index contributed by atoms with van der Waals surface area (Å²) >= 11 is 1.43. The van der Waals surface area contributed by atoms with E-state index in [2.05, 4.69) is 6.07 Å². The molecule has 2 nitrogen and oxygen atoms in total. The molecule has 1 aromatic heterocycles. The highest BCUT2D eigenvalue weighted by atomic mass is 32.1. The number of hydrogen-bond donors (Lipinski definition) is 1. The van der Waals surface area contributed by atoms with E-state index >= 15 is 0 Å². The van der Waals surface area contributed by atoms with Crippen LogP contribution in [0.15, 0.2) is 35.7 Å². The maximum atomic E-state index is 13.5. The van der Waals surface area contributed by atoms with Crippen molar-refractivity contribution in [3.05, 3.63) is 57.5 Å². The molecule has 2 aromatic rings. The van der Waals surface area contributed by atoms with Gasteiger partial charge in [-0.05, 0) is 30.0 Å². The molecule has 0 atom stereocenters. The molecule has 0 aliphatic heterocycles. The third-order valence-electron chi connectivity index (χ3n) is 2.63. The predicted molar refractivity (Wildman–Crippen MR) is 72.1 cm³/mol. The van der Waals surface area contributed by atoms with Gasteiger partial charge in [0.15, 0.2) is 0 Å². The lowest BCUT2D eigenvalue weighted by Gasteiger charge is -2.06. The first kappa shape index (κ1) is 12.3. The van der Waals surface area contributed by atoms with Gasteiger partial charge in [-0.2, -0.15) is 5.26 Å². The zero-order chi connectivity index (χ0) is 13.1. The van der Waals surface area contributed by atoms with E-state index in [0.29, 0.717) is 22.4 Å². The largest absolute Gasteiger partial charge is 0.397 e. The van der Waals surface area contributed by atoms with Crippen LogP contribution in [0.3, 0.4) is 0 Å². The van der Waals surface area contributed by atoms with Crippen molar-refractivity contribution in [2.24, 2.45) is 5.73 Å². The van der Waals surface area contributed by atoms with E-state index in [0.717, 1.165) is 4.88 Å². The van der Waals surface area contributed by atoms with Crippen molar-refractivity contribution in [3.8, 4) is 6.07 Å². The normalized spacial score (nSPS) is 11.8. The molecule has 0 amide bonds. The molecule has 90 valence electrons. The van der Waals surface area contributed by atoms with Crippen LogP contribution in [0, 0.1) is 24.1 Å². The lowest BCUT2D eigenvalue weighted by molar-refractivity contribution is 0.618.